The number of amides is 1. The highest BCUT2D eigenvalue weighted by atomic mass is 16.6. The first-order chi connectivity index (χ1) is 9.31. The minimum Gasteiger partial charge on any atom is -0.481 e. The van der Waals surface area contributed by atoms with E-state index < -0.39 is 35.2 Å². The number of carbonyl (C=O) groups excluding carboxylic acids is 1. The second-order valence-corrected chi connectivity index (χ2v) is 3.77. The first kappa shape index (κ1) is 15.1. The molecule has 0 saturated heterocycles. The van der Waals surface area contributed by atoms with Crippen LogP contribution in [0.4, 0.5) is 5.69 Å². The van der Waals surface area contributed by atoms with E-state index >= 15 is 0 Å². The summed E-state index contributed by atoms with van der Waals surface area (Å²) in [4.78, 5) is 42.8. The van der Waals surface area contributed by atoms with Crippen molar-refractivity contribution >= 4 is 23.5 Å². The summed E-state index contributed by atoms with van der Waals surface area (Å²) in [6.45, 7) is 0. The van der Waals surface area contributed by atoms with Gasteiger partial charge in [0, 0.05) is 17.7 Å². The lowest BCUT2D eigenvalue weighted by Gasteiger charge is -2.12. The van der Waals surface area contributed by atoms with E-state index in [0.29, 0.717) is 0 Å². The van der Waals surface area contributed by atoms with Gasteiger partial charge in [-0.15, -0.1) is 0 Å². The molecule has 106 valence electrons. The number of aliphatic carboxylic acids is 2. The molecular weight excluding hydrogens is 272 g/mol. The van der Waals surface area contributed by atoms with Crippen LogP contribution < -0.4 is 5.32 Å². The zero-order valence-corrected chi connectivity index (χ0v) is 9.98. The number of carboxylic acid groups (broad SMARTS) is 2. The maximum Gasteiger partial charge on any atom is 0.326 e. The van der Waals surface area contributed by atoms with Crippen LogP contribution in [0.15, 0.2) is 24.3 Å². The first-order valence-electron chi connectivity index (χ1n) is 5.31. The normalized spacial score (nSPS) is 11.4. The molecule has 0 bridgehead atoms. The van der Waals surface area contributed by atoms with E-state index in [9.17, 15) is 24.5 Å². The van der Waals surface area contributed by atoms with Crippen molar-refractivity contribution in [3.8, 4) is 0 Å². The van der Waals surface area contributed by atoms with Crippen LogP contribution >= 0.6 is 0 Å². The standard InChI is InChI=1S/C11H10N2O7/c14-9(15)5-8(11(17)18)12-10(16)6-2-1-3-7(4-6)13(19)20/h1-4,8H,5H2,(H,12,16)(H,14,15)(H,17,18)/t8-/m1/s1. The molecule has 9 heteroatoms. The van der Waals surface area contributed by atoms with Crippen LogP contribution in [0, 0.1) is 10.1 Å². The number of non-ortho nitro benzene ring substituents is 1. The minimum absolute atomic E-state index is 0.129. The Kier molecular flexibility index (Phi) is 4.73. The van der Waals surface area contributed by atoms with E-state index in [2.05, 4.69) is 0 Å². The monoisotopic (exact) mass is 282 g/mol. The summed E-state index contributed by atoms with van der Waals surface area (Å²) in [5.74, 6) is -3.80. The average Bonchev–Trinajstić information content (AvgIpc) is 2.37. The van der Waals surface area contributed by atoms with Crippen LogP contribution in [-0.4, -0.2) is 39.0 Å². The molecule has 0 fully saturated rings. The summed E-state index contributed by atoms with van der Waals surface area (Å²) in [7, 11) is 0. The summed E-state index contributed by atoms with van der Waals surface area (Å²) in [5.41, 5.74) is -0.460. The number of carbonyl (C=O) groups is 3. The lowest BCUT2D eigenvalue weighted by Crippen LogP contribution is -2.42. The van der Waals surface area contributed by atoms with Gasteiger partial charge >= 0.3 is 11.9 Å². The largest absolute Gasteiger partial charge is 0.481 e. The summed E-state index contributed by atoms with van der Waals surface area (Å²) in [6.07, 6.45) is -0.796. The van der Waals surface area contributed by atoms with E-state index in [4.69, 9.17) is 10.2 Å². The minimum atomic E-state index is -1.61. The Morgan fingerprint density at radius 1 is 1.30 bits per heavy atom. The summed E-state index contributed by atoms with van der Waals surface area (Å²) >= 11 is 0. The number of hydrogen-bond acceptors (Lipinski definition) is 5. The second kappa shape index (κ2) is 6.27. The van der Waals surface area contributed by atoms with Crippen molar-refractivity contribution in [1.29, 1.82) is 0 Å². The predicted octanol–water partition coefficient (Wildman–Crippen LogP) is 0.252. The van der Waals surface area contributed by atoms with Gasteiger partial charge in [-0.2, -0.15) is 0 Å². The number of nitro benzene ring substituents is 1. The number of carboxylic acids is 2. The average molecular weight is 282 g/mol. The van der Waals surface area contributed by atoms with Crippen molar-refractivity contribution in [3.05, 3.63) is 39.9 Å². The summed E-state index contributed by atoms with van der Waals surface area (Å²) in [5, 5.41) is 29.8. The van der Waals surface area contributed by atoms with Crippen molar-refractivity contribution in [3.63, 3.8) is 0 Å². The van der Waals surface area contributed by atoms with Gasteiger partial charge in [0.2, 0.25) is 0 Å². The van der Waals surface area contributed by atoms with E-state index in [1.54, 1.807) is 0 Å². The van der Waals surface area contributed by atoms with Crippen molar-refractivity contribution < 1.29 is 29.5 Å². The van der Waals surface area contributed by atoms with Gasteiger partial charge in [-0.25, -0.2) is 4.79 Å². The van der Waals surface area contributed by atoms with Gasteiger partial charge in [0.25, 0.3) is 11.6 Å². The molecule has 0 radical (unpaired) electrons. The van der Waals surface area contributed by atoms with Gasteiger partial charge in [-0.1, -0.05) is 6.07 Å². The van der Waals surface area contributed by atoms with Crippen LogP contribution in [0.1, 0.15) is 16.8 Å². The van der Waals surface area contributed by atoms with Crippen LogP contribution in [0.3, 0.4) is 0 Å². The van der Waals surface area contributed by atoms with Gasteiger partial charge in [0.05, 0.1) is 11.3 Å². The van der Waals surface area contributed by atoms with Crippen molar-refractivity contribution in [1.82, 2.24) is 5.32 Å². The van der Waals surface area contributed by atoms with E-state index in [1.807, 2.05) is 5.32 Å². The van der Waals surface area contributed by atoms with Crippen molar-refractivity contribution in [2.75, 3.05) is 0 Å². The first-order valence-corrected chi connectivity index (χ1v) is 5.31. The number of nitrogens with one attached hydrogen (secondary N) is 1. The predicted molar refractivity (Wildman–Crippen MR) is 64.2 cm³/mol. The van der Waals surface area contributed by atoms with Crippen molar-refractivity contribution in [2.45, 2.75) is 12.5 Å². The van der Waals surface area contributed by atoms with E-state index in [0.717, 1.165) is 6.07 Å². The Labute approximate surface area is 112 Å². The molecule has 0 heterocycles. The number of nitro groups is 1. The summed E-state index contributed by atoms with van der Waals surface area (Å²) in [6, 6.07) is 3.04. The molecule has 1 aromatic carbocycles. The Morgan fingerprint density at radius 3 is 2.45 bits per heavy atom. The lowest BCUT2D eigenvalue weighted by molar-refractivity contribution is -0.384. The molecule has 1 rings (SSSR count). The zero-order valence-electron chi connectivity index (χ0n) is 9.98. The highest BCUT2D eigenvalue weighted by Crippen LogP contribution is 2.13. The quantitative estimate of drug-likeness (QED) is 0.500. The van der Waals surface area contributed by atoms with Gasteiger partial charge in [0.15, 0.2) is 0 Å². The fourth-order valence-electron chi connectivity index (χ4n) is 1.38. The number of rotatable bonds is 6. The molecule has 1 amide bonds. The van der Waals surface area contributed by atoms with Crippen LogP contribution in [0.2, 0.25) is 0 Å². The molecule has 3 N–H and O–H groups in total. The fraction of sp³-hybridized carbons (Fsp3) is 0.182. The molecule has 1 atom stereocenters. The smallest absolute Gasteiger partial charge is 0.326 e. The third kappa shape index (κ3) is 4.05. The number of benzene rings is 1. The van der Waals surface area contributed by atoms with Crippen LogP contribution in [0.5, 0.6) is 0 Å². The maximum absolute atomic E-state index is 11.7. The molecule has 20 heavy (non-hydrogen) atoms. The third-order valence-electron chi connectivity index (χ3n) is 2.30. The lowest BCUT2D eigenvalue weighted by atomic mass is 10.1. The fourth-order valence-corrected chi connectivity index (χ4v) is 1.38. The topological polar surface area (TPSA) is 147 Å². The van der Waals surface area contributed by atoms with Gasteiger partial charge < -0.3 is 15.5 Å². The molecule has 0 aliphatic rings. The number of nitrogens with zero attached hydrogens (tertiary/aromatic N) is 1. The van der Waals surface area contributed by atoms with E-state index in [-0.39, 0.29) is 11.3 Å². The Morgan fingerprint density at radius 2 is 1.95 bits per heavy atom. The van der Waals surface area contributed by atoms with Crippen molar-refractivity contribution in [2.24, 2.45) is 0 Å². The van der Waals surface area contributed by atoms with Gasteiger partial charge in [0.1, 0.15) is 6.04 Å². The number of hydrogen-bond donors (Lipinski definition) is 3. The second-order valence-electron chi connectivity index (χ2n) is 3.77. The van der Waals surface area contributed by atoms with E-state index in [1.165, 1.54) is 18.2 Å². The van der Waals surface area contributed by atoms with Crippen LogP contribution in [-0.2, 0) is 9.59 Å². The molecule has 1 aromatic rings. The highest BCUT2D eigenvalue weighted by Gasteiger charge is 2.24. The van der Waals surface area contributed by atoms with Gasteiger partial charge in [-0.05, 0) is 6.07 Å². The molecule has 0 spiro atoms. The Bertz CT molecular complexity index is 570. The van der Waals surface area contributed by atoms with Crippen LogP contribution in [0.25, 0.3) is 0 Å². The maximum atomic E-state index is 11.7. The zero-order chi connectivity index (χ0) is 15.3. The molecule has 0 aliphatic heterocycles. The third-order valence-corrected chi connectivity index (χ3v) is 2.30. The molecule has 0 aliphatic carbocycles. The SMILES string of the molecule is O=C(O)C[C@@H](NC(=O)c1cccc([N+](=O)[O-])c1)C(=O)O. The Hall–Kier alpha value is -2.97. The molecule has 0 aromatic heterocycles. The molecule has 0 unspecified atom stereocenters. The molecular formula is C11H10N2O7. The molecule has 0 saturated carbocycles. The van der Waals surface area contributed by atoms with Gasteiger partial charge in [-0.3, -0.25) is 19.7 Å². The highest BCUT2D eigenvalue weighted by molar-refractivity contribution is 5.97. The Balaban J connectivity index is 2.88. The molecule has 9 nitrogen and oxygen atoms in total. The summed E-state index contributed by atoms with van der Waals surface area (Å²) < 4.78 is 0.